The van der Waals surface area contributed by atoms with Gasteiger partial charge in [-0.1, -0.05) is 30.3 Å². The second-order valence-electron chi connectivity index (χ2n) is 4.25. The maximum absolute atomic E-state index is 11.5. The maximum atomic E-state index is 11.5. The Morgan fingerprint density at radius 1 is 1.23 bits per heavy atom. The Morgan fingerprint density at radius 2 is 2.00 bits per heavy atom. The summed E-state index contributed by atoms with van der Waals surface area (Å²) < 4.78 is 5.25. The highest BCUT2D eigenvalue weighted by Gasteiger charge is 2.04. The molecule has 22 heavy (non-hydrogen) atoms. The lowest BCUT2D eigenvalue weighted by molar-refractivity contribution is -0.384. The molecule has 7 nitrogen and oxygen atoms in total. The number of para-hydroxylation sites is 1. The number of amides is 1. The molecule has 0 radical (unpaired) electrons. The lowest BCUT2D eigenvalue weighted by Gasteiger charge is -2.04. The van der Waals surface area contributed by atoms with E-state index >= 15 is 0 Å². The third-order valence-electron chi connectivity index (χ3n) is 2.60. The van der Waals surface area contributed by atoms with Crippen molar-refractivity contribution in [1.82, 2.24) is 5.43 Å². The van der Waals surface area contributed by atoms with Crippen molar-refractivity contribution in [2.45, 2.75) is 0 Å². The molecule has 0 saturated carbocycles. The van der Waals surface area contributed by atoms with Gasteiger partial charge in [0.05, 0.1) is 11.1 Å². The highest BCUT2D eigenvalue weighted by Crippen LogP contribution is 2.11. The van der Waals surface area contributed by atoms with E-state index in [1.54, 1.807) is 36.4 Å². The molecule has 0 atom stereocenters. The minimum Gasteiger partial charge on any atom is -0.484 e. The number of benzene rings is 2. The monoisotopic (exact) mass is 299 g/mol. The van der Waals surface area contributed by atoms with Gasteiger partial charge in [0.25, 0.3) is 11.6 Å². The van der Waals surface area contributed by atoms with Crippen LogP contribution in [0.5, 0.6) is 5.75 Å². The number of hydrogen-bond acceptors (Lipinski definition) is 5. The minimum absolute atomic E-state index is 0.0392. The van der Waals surface area contributed by atoms with Crippen molar-refractivity contribution in [1.29, 1.82) is 0 Å². The van der Waals surface area contributed by atoms with Crippen LogP contribution in [0.4, 0.5) is 5.69 Å². The normalized spacial score (nSPS) is 10.4. The highest BCUT2D eigenvalue weighted by molar-refractivity contribution is 5.83. The van der Waals surface area contributed by atoms with Gasteiger partial charge in [-0.2, -0.15) is 5.10 Å². The van der Waals surface area contributed by atoms with Crippen LogP contribution in [0, 0.1) is 10.1 Å². The Morgan fingerprint density at radius 3 is 2.73 bits per heavy atom. The predicted octanol–water partition coefficient (Wildman–Crippen LogP) is 2.12. The van der Waals surface area contributed by atoms with Crippen LogP contribution >= 0.6 is 0 Å². The van der Waals surface area contributed by atoms with Crippen LogP contribution in [-0.4, -0.2) is 23.7 Å². The van der Waals surface area contributed by atoms with E-state index in [-0.39, 0.29) is 12.3 Å². The smallest absolute Gasteiger partial charge is 0.277 e. The maximum Gasteiger partial charge on any atom is 0.277 e. The van der Waals surface area contributed by atoms with Gasteiger partial charge in [0, 0.05) is 17.7 Å². The van der Waals surface area contributed by atoms with Crippen LogP contribution in [-0.2, 0) is 4.79 Å². The molecule has 0 aromatic heterocycles. The van der Waals surface area contributed by atoms with Gasteiger partial charge in [-0.05, 0) is 12.1 Å². The van der Waals surface area contributed by atoms with Crippen LogP contribution in [0.2, 0.25) is 0 Å². The van der Waals surface area contributed by atoms with Gasteiger partial charge < -0.3 is 4.74 Å². The van der Waals surface area contributed by atoms with E-state index in [2.05, 4.69) is 10.5 Å². The third-order valence-corrected chi connectivity index (χ3v) is 2.60. The molecule has 0 saturated heterocycles. The number of nitrogens with zero attached hydrogens (tertiary/aromatic N) is 2. The van der Waals surface area contributed by atoms with Gasteiger partial charge in [0.1, 0.15) is 5.75 Å². The molecule has 0 spiro atoms. The van der Waals surface area contributed by atoms with Gasteiger partial charge in [0.15, 0.2) is 6.61 Å². The Labute approximate surface area is 126 Å². The van der Waals surface area contributed by atoms with Crippen molar-refractivity contribution in [2.24, 2.45) is 5.10 Å². The first-order valence-electron chi connectivity index (χ1n) is 6.39. The molecule has 0 aliphatic carbocycles. The Bertz CT molecular complexity index is 686. The van der Waals surface area contributed by atoms with E-state index in [1.165, 1.54) is 18.3 Å². The second kappa shape index (κ2) is 7.53. The first kappa shape index (κ1) is 15.2. The van der Waals surface area contributed by atoms with E-state index in [1.807, 2.05) is 6.07 Å². The van der Waals surface area contributed by atoms with Gasteiger partial charge in [-0.3, -0.25) is 14.9 Å². The molecule has 2 rings (SSSR count). The Balaban J connectivity index is 1.83. The van der Waals surface area contributed by atoms with Crippen molar-refractivity contribution in [3.05, 3.63) is 70.3 Å². The number of nitro benzene ring substituents is 1. The van der Waals surface area contributed by atoms with E-state index in [9.17, 15) is 14.9 Å². The number of hydrogen-bond donors (Lipinski definition) is 1. The summed E-state index contributed by atoms with van der Waals surface area (Å²) in [5, 5.41) is 14.4. The Hall–Kier alpha value is -3.22. The van der Waals surface area contributed by atoms with Gasteiger partial charge in [-0.25, -0.2) is 5.43 Å². The summed E-state index contributed by atoms with van der Waals surface area (Å²) in [7, 11) is 0. The Kier molecular flexibility index (Phi) is 5.20. The number of hydrazone groups is 1. The summed E-state index contributed by atoms with van der Waals surface area (Å²) in [5.74, 6) is 0.158. The number of nitrogens with one attached hydrogen (secondary N) is 1. The van der Waals surface area contributed by atoms with Gasteiger partial charge >= 0.3 is 0 Å². The number of carbonyl (C=O) groups is 1. The lowest BCUT2D eigenvalue weighted by atomic mass is 10.2. The largest absolute Gasteiger partial charge is 0.484 e. The quantitative estimate of drug-likeness (QED) is 0.502. The zero-order valence-corrected chi connectivity index (χ0v) is 11.5. The summed E-state index contributed by atoms with van der Waals surface area (Å²) >= 11 is 0. The summed E-state index contributed by atoms with van der Waals surface area (Å²) in [6, 6.07) is 14.8. The lowest BCUT2D eigenvalue weighted by Crippen LogP contribution is -2.24. The van der Waals surface area contributed by atoms with Crippen molar-refractivity contribution in [2.75, 3.05) is 6.61 Å². The summed E-state index contributed by atoms with van der Waals surface area (Å²) in [4.78, 5) is 21.7. The fourth-order valence-electron chi connectivity index (χ4n) is 1.60. The molecular weight excluding hydrogens is 286 g/mol. The summed E-state index contributed by atoms with van der Waals surface area (Å²) in [6.45, 7) is -0.170. The van der Waals surface area contributed by atoms with Crippen molar-refractivity contribution in [3.63, 3.8) is 0 Å². The first-order valence-corrected chi connectivity index (χ1v) is 6.39. The van der Waals surface area contributed by atoms with Crippen LogP contribution in [0.1, 0.15) is 5.56 Å². The molecular formula is C15H13N3O4. The summed E-state index contributed by atoms with van der Waals surface area (Å²) in [6.07, 6.45) is 1.33. The first-order chi connectivity index (χ1) is 10.6. The van der Waals surface area contributed by atoms with E-state index in [0.717, 1.165) is 0 Å². The molecule has 0 fully saturated rings. The molecule has 112 valence electrons. The van der Waals surface area contributed by atoms with Crippen molar-refractivity contribution < 1.29 is 14.5 Å². The molecule has 1 N–H and O–H groups in total. The van der Waals surface area contributed by atoms with E-state index in [4.69, 9.17) is 4.74 Å². The molecule has 7 heteroatoms. The predicted molar refractivity (Wildman–Crippen MR) is 80.8 cm³/mol. The molecule has 0 aliphatic rings. The number of rotatable bonds is 6. The molecule has 0 aliphatic heterocycles. The second-order valence-corrected chi connectivity index (χ2v) is 4.25. The topological polar surface area (TPSA) is 93.8 Å². The zero-order valence-electron chi connectivity index (χ0n) is 11.5. The van der Waals surface area contributed by atoms with Crippen molar-refractivity contribution >= 4 is 17.8 Å². The number of ether oxygens (including phenoxy) is 1. The number of carbonyl (C=O) groups excluding carboxylic acids is 1. The minimum atomic E-state index is -0.496. The number of nitro groups is 1. The fourth-order valence-corrected chi connectivity index (χ4v) is 1.60. The van der Waals surface area contributed by atoms with Crippen LogP contribution in [0.15, 0.2) is 59.7 Å². The molecule has 0 unspecified atom stereocenters. The highest BCUT2D eigenvalue weighted by atomic mass is 16.6. The van der Waals surface area contributed by atoms with Crippen LogP contribution in [0.25, 0.3) is 0 Å². The van der Waals surface area contributed by atoms with Crippen LogP contribution < -0.4 is 10.2 Å². The molecule has 2 aromatic carbocycles. The molecule has 0 bridgehead atoms. The van der Waals surface area contributed by atoms with Crippen molar-refractivity contribution in [3.8, 4) is 5.75 Å². The van der Waals surface area contributed by atoms with Crippen LogP contribution in [0.3, 0.4) is 0 Å². The third kappa shape index (κ3) is 4.71. The average Bonchev–Trinajstić information content (AvgIpc) is 2.54. The molecule has 1 amide bonds. The summed E-state index contributed by atoms with van der Waals surface area (Å²) in [5.41, 5.74) is 2.76. The molecule has 0 heterocycles. The SMILES string of the molecule is O=C(COc1ccccc1)N/N=C\c1cccc([N+](=O)[O-])c1. The fraction of sp³-hybridized carbons (Fsp3) is 0.0667. The standard InChI is InChI=1S/C15H13N3O4/c19-15(11-22-14-7-2-1-3-8-14)17-16-10-12-5-4-6-13(9-12)18(20)21/h1-10H,11H2,(H,17,19)/b16-10-. The van der Waals surface area contributed by atoms with Gasteiger partial charge in [-0.15, -0.1) is 0 Å². The van der Waals surface area contributed by atoms with E-state index < -0.39 is 10.8 Å². The van der Waals surface area contributed by atoms with Gasteiger partial charge in [0.2, 0.25) is 0 Å². The average molecular weight is 299 g/mol. The molecule has 2 aromatic rings. The number of non-ortho nitro benzene ring substituents is 1. The van der Waals surface area contributed by atoms with E-state index in [0.29, 0.717) is 11.3 Å². The zero-order chi connectivity index (χ0) is 15.8.